The van der Waals surface area contributed by atoms with Crippen molar-refractivity contribution >= 4 is 44.5 Å². The number of aromatic carboxylic acids is 1. The molecule has 5 N–H and O–H groups in total. The Balaban J connectivity index is 0. The van der Waals surface area contributed by atoms with Crippen LogP contribution in [-0.2, 0) is 19.1 Å². The number of unbranched alkanes of at least 4 members (excludes halogenated alkanes) is 1. The van der Waals surface area contributed by atoms with E-state index >= 15 is 0 Å². The molecule has 0 saturated carbocycles. The molecule has 0 unspecified atom stereocenters. The quantitative estimate of drug-likeness (QED) is 0.0833. The molecule has 13 nitrogen and oxygen atoms in total. The van der Waals surface area contributed by atoms with Crippen LogP contribution >= 0.6 is 0 Å². The molecular weight excluding hydrogens is 546 g/mol. The van der Waals surface area contributed by atoms with Crippen LogP contribution in [0.2, 0.25) is 19.6 Å². The molecule has 0 saturated heterocycles. The Morgan fingerprint density at radius 3 is 1.65 bits per heavy atom. The number of carbonyl (C=O) groups excluding carboxylic acids is 3. The number of carboxylic acids is 3. The van der Waals surface area contributed by atoms with Crippen molar-refractivity contribution in [3.63, 3.8) is 0 Å². The lowest BCUT2D eigenvalue weighted by atomic mass is 9.97. The number of aliphatic hydroxyl groups is 2. The Morgan fingerprint density at radius 2 is 1.38 bits per heavy atom. The van der Waals surface area contributed by atoms with Crippen molar-refractivity contribution in [1.82, 2.24) is 4.57 Å². The molecular formula is C26H39NO12Si. The van der Waals surface area contributed by atoms with Gasteiger partial charge in [-0.3, -0.25) is 14.4 Å². The Hall–Kier alpha value is -3.88. The number of esters is 2. The molecule has 0 fully saturated rings. The Labute approximate surface area is 233 Å². The smallest absolute Gasteiger partial charge is 0.346 e. The van der Waals surface area contributed by atoms with E-state index in [4.69, 9.17) is 25.5 Å². The maximum atomic E-state index is 11.0. The first kappa shape index (κ1) is 38.3. The number of fused-ring (bicyclic) bond motifs is 1. The van der Waals surface area contributed by atoms with Crippen LogP contribution in [0, 0.1) is 5.41 Å². The molecule has 1 aliphatic heterocycles. The van der Waals surface area contributed by atoms with Crippen LogP contribution in [-0.4, -0.2) is 87.8 Å². The number of benzene rings is 1. The zero-order chi connectivity index (χ0) is 31.7. The number of ether oxygens (including phenoxy) is 1. The molecule has 40 heavy (non-hydrogen) atoms. The van der Waals surface area contributed by atoms with Gasteiger partial charge in [0.1, 0.15) is 0 Å². The van der Waals surface area contributed by atoms with Gasteiger partial charge in [0, 0.05) is 18.3 Å². The number of carboxylic acid groups (broad SMARTS) is 3. The van der Waals surface area contributed by atoms with Gasteiger partial charge in [-0.05, 0) is 37.2 Å². The van der Waals surface area contributed by atoms with E-state index in [-0.39, 0.29) is 48.2 Å². The third-order valence-corrected chi connectivity index (χ3v) is 6.70. The van der Waals surface area contributed by atoms with E-state index in [0.717, 1.165) is 12.5 Å². The van der Waals surface area contributed by atoms with Crippen molar-refractivity contribution in [3.05, 3.63) is 47.7 Å². The second kappa shape index (κ2) is 18.4. The predicted molar refractivity (Wildman–Crippen MR) is 146 cm³/mol. The highest BCUT2D eigenvalue weighted by molar-refractivity contribution is 6.75. The van der Waals surface area contributed by atoms with Crippen LogP contribution in [0.4, 0.5) is 0 Å². The first-order valence-electron chi connectivity index (χ1n) is 12.0. The lowest BCUT2D eigenvalue weighted by Crippen LogP contribution is -2.40. The third-order valence-electron chi connectivity index (χ3n) is 4.86. The lowest BCUT2D eigenvalue weighted by molar-refractivity contribution is -0.139. The molecule has 1 aromatic rings. The number of nitrogens with zero attached hydrogens (tertiary/aromatic N) is 1. The molecule has 1 aromatic carbocycles. The average molecular weight is 586 g/mol. The molecule has 224 valence electrons. The average Bonchev–Trinajstić information content (AvgIpc) is 3.15. The topological polar surface area (TPSA) is 216 Å². The standard InChI is InChI=1S/C9H4O5.C6H13NOSi.C6H10O4.C5H12O2/c10-7(11)4-1-2-5-6(3-4)9(13)14-8(5)12;1-5-7(6-8)9(2,3)4;7-5(8)3-1-2-4-6(9)10;1-5(2,3-6)4-7/h1-3H,(H,10,11);5-6H,1H2,2-4H3;1-4H2,(H,7,8)(H,9,10);6-7H,3-4H2,1-2H3. The van der Waals surface area contributed by atoms with Crippen molar-refractivity contribution in [3.8, 4) is 0 Å². The molecule has 0 spiro atoms. The van der Waals surface area contributed by atoms with Gasteiger partial charge in [-0.25, -0.2) is 14.4 Å². The summed E-state index contributed by atoms with van der Waals surface area (Å²) in [5.41, 5.74) is -0.231. The summed E-state index contributed by atoms with van der Waals surface area (Å²) in [6, 6.07) is 3.65. The van der Waals surface area contributed by atoms with Gasteiger partial charge >= 0.3 is 29.8 Å². The van der Waals surface area contributed by atoms with Gasteiger partial charge in [-0.2, -0.15) is 0 Å². The second-order valence-corrected chi connectivity index (χ2v) is 14.9. The first-order valence-corrected chi connectivity index (χ1v) is 15.5. The summed E-state index contributed by atoms with van der Waals surface area (Å²) in [7, 11) is -1.44. The van der Waals surface area contributed by atoms with Gasteiger partial charge in [0.2, 0.25) is 6.41 Å². The maximum absolute atomic E-state index is 11.0. The number of aliphatic hydroxyl groups excluding tert-OH is 2. The summed E-state index contributed by atoms with van der Waals surface area (Å²) in [5, 5.41) is 41.8. The van der Waals surface area contributed by atoms with Gasteiger partial charge in [-0.15, -0.1) is 0 Å². The first-order chi connectivity index (χ1) is 18.4. The van der Waals surface area contributed by atoms with Gasteiger partial charge in [0.15, 0.2) is 8.24 Å². The fraction of sp³-hybridized carbons (Fsp3) is 0.462. The van der Waals surface area contributed by atoms with Crippen molar-refractivity contribution in [2.45, 2.75) is 59.2 Å². The summed E-state index contributed by atoms with van der Waals surface area (Å²) in [6.07, 6.45) is 3.43. The van der Waals surface area contributed by atoms with Crippen LogP contribution in [0.25, 0.3) is 0 Å². The van der Waals surface area contributed by atoms with Crippen molar-refractivity contribution in [1.29, 1.82) is 0 Å². The second-order valence-electron chi connectivity index (χ2n) is 10.1. The number of aliphatic carboxylic acids is 2. The number of amides is 1. The summed E-state index contributed by atoms with van der Waals surface area (Å²) in [6.45, 7) is 13.5. The highest BCUT2D eigenvalue weighted by atomic mass is 28.3. The molecule has 1 heterocycles. The Kier molecular flexibility index (Phi) is 17.6. The minimum Gasteiger partial charge on any atom is -0.481 e. The van der Waals surface area contributed by atoms with Gasteiger partial charge in [0.25, 0.3) is 0 Å². The zero-order valence-corrected chi connectivity index (χ0v) is 24.4. The number of carbonyl (C=O) groups is 6. The highest BCUT2D eigenvalue weighted by Gasteiger charge is 2.30. The van der Waals surface area contributed by atoms with Gasteiger partial charge in [0.05, 0.1) is 29.9 Å². The molecule has 0 atom stereocenters. The van der Waals surface area contributed by atoms with Gasteiger partial charge < -0.3 is 34.8 Å². The van der Waals surface area contributed by atoms with Crippen LogP contribution in [0.3, 0.4) is 0 Å². The molecule has 1 amide bonds. The third kappa shape index (κ3) is 16.2. The molecule has 14 heteroatoms. The SMILES string of the molecule is C=CN(C=O)[Si](C)(C)C.CC(C)(CO)CO.O=C(O)CCCCC(=O)O.O=C(O)c1ccc2c(c1)C(=O)OC2=O. The number of hydrogen-bond acceptors (Lipinski definition) is 9. The summed E-state index contributed by atoms with van der Waals surface area (Å²) >= 11 is 0. The molecule has 0 bridgehead atoms. The molecule has 0 aromatic heterocycles. The van der Waals surface area contributed by atoms with Crippen LogP contribution < -0.4 is 0 Å². The van der Waals surface area contributed by atoms with E-state index in [9.17, 15) is 28.8 Å². The summed E-state index contributed by atoms with van der Waals surface area (Å²) in [5.74, 6) is -4.43. The van der Waals surface area contributed by atoms with E-state index in [2.05, 4.69) is 31.0 Å². The van der Waals surface area contributed by atoms with E-state index in [1.165, 1.54) is 12.1 Å². The van der Waals surface area contributed by atoms with Crippen molar-refractivity contribution in [2.75, 3.05) is 13.2 Å². The molecule has 2 rings (SSSR count). The minimum atomic E-state index is -1.44. The predicted octanol–water partition coefficient (Wildman–Crippen LogP) is 2.83. The van der Waals surface area contributed by atoms with E-state index < -0.39 is 38.1 Å². The largest absolute Gasteiger partial charge is 0.481 e. The molecule has 0 radical (unpaired) electrons. The van der Waals surface area contributed by atoms with E-state index in [0.29, 0.717) is 12.8 Å². The van der Waals surface area contributed by atoms with Crippen LogP contribution in [0.15, 0.2) is 31.0 Å². The van der Waals surface area contributed by atoms with Crippen LogP contribution in [0.1, 0.15) is 70.6 Å². The van der Waals surface area contributed by atoms with Gasteiger partial charge in [-0.1, -0.05) is 40.1 Å². The minimum absolute atomic E-state index is 0.00917. The fourth-order valence-electron chi connectivity index (χ4n) is 2.30. The normalized spacial score (nSPS) is 11.6. The number of cyclic esters (lactones) is 2. The summed E-state index contributed by atoms with van der Waals surface area (Å²) in [4.78, 5) is 62.6. The van der Waals surface area contributed by atoms with E-state index in [1.54, 1.807) is 24.6 Å². The number of hydrogen-bond donors (Lipinski definition) is 5. The zero-order valence-electron chi connectivity index (χ0n) is 23.4. The van der Waals surface area contributed by atoms with E-state index in [1.807, 2.05) is 0 Å². The summed E-state index contributed by atoms with van der Waals surface area (Å²) < 4.78 is 5.96. The Morgan fingerprint density at radius 1 is 0.925 bits per heavy atom. The lowest BCUT2D eigenvalue weighted by Gasteiger charge is -2.25. The van der Waals surface area contributed by atoms with Crippen LogP contribution in [0.5, 0.6) is 0 Å². The Bertz CT molecular complexity index is 1020. The maximum Gasteiger partial charge on any atom is 0.346 e. The van der Waals surface area contributed by atoms with Crippen molar-refractivity contribution in [2.24, 2.45) is 5.41 Å². The highest BCUT2D eigenvalue weighted by Crippen LogP contribution is 2.21. The van der Waals surface area contributed by atoms with Crippen molar-refractivity contribution < 1.29 is 59.0 Å². The molecule has 1 aliphatic rings. The number of rotatable bonds is 11. The molecule has 0 aliphatic carbocycles. The fourth-order valence-corrected chi connectivity index (χ4v) is 3.16. The monoisotopic (exact) mass is 585 g/mol.